The van der Waals surface area contributed by atoms with Crippen LogP contribution in [0.3, 0.4) is 0 Å². The van der Waals surface area contributed by atoms with E-state index in [1.165, 1.54) is 0 Å². The molecule has 0 fully saturated rings. The molecule has 0 aromatic heterocycles. The lowest BCUT2D eigenvalue weighted by molar-refractivity contribution is 0.144. The number of hydrogen-bond acceptors (Lipinski definition) is 3. The Morgan fingerprint density at radius 2 is 2.05 bits per heavy atom. The third-order valence-corrected chi connectivity index (χ3v) is 3.25. The van der Waals surface area contributed by atoms with Crippen LogP contribution < -0.4 is 4.90 Å². The quantitative estimate of drug-likeness (QED) is 0.636. The number of aliphatic hydroxyl groups is 1. The topological polar surface area (TPSA) is 47.3 Å². The highest BCUT2D eigenvalue weighted by atomic mass is 16.3. The summed E-state index contributed by atoms with van der Waals surface area (Å²) in [7, 11) is 1.86. The van der Waals surface area contributed by atoms with Gasteiger partial charge in [0.15, 0.2) is 0 Å². The second kappa shape index (κ2) is 8.19. The summed E-state index contributed by atoms with van der Waals surface area (Å²) in [5.41, 5.74) is 1.48. The van der Waals surface area contributed by atoms with Gasteiger partial charge in [-0.1, -0.05) is 37.3 Å². The minimum atomic E-state index is -0.473. The highest BCUT2D eigenvalue weighted by molar-refractivity contribution is 5.54. The molecule has 0 saturated heterocycles. The molecule has 0 amide bonds. The molecule has 2 unspecified atom stereocenters. The summed E-state index contributed by atoms with van der Waals surface area (Å²) in [6, 6.07) is 11.9. The first kappa shape index (κ1) is 16.0. The Kier molecular flexibility index (Phi) is 6.55. The molecule has 1 aromatic carbocycles. The Morgan fingerprint density at radius 3 is 2.55 bits per heavy atom. The number of hydrogen-bond donors (Lipinski definition) is 1. The van der Waals surface area contributed by atoms with Crippen LogP contribution in [0, 0.1) is 17.2 Å². The Bertz CT molecular complexity index is 499. The van der Waals surface area contributed by atoms with Crippen LogP contribution >= 0.6 is 0 Å². The predicted molar refractivity (Wildman–Crippen MR) is 83.1 cm³/mol. The van der Waals surface area contributed by atoms with Gasteiger partial charge in [-0.3, -0.25) is 0 Å². The number of allylic oxidation sites excluding steroid dienone is 2. The summed E-state index contributed by atoms with van der Waals surface area (Å²) in [6.07, 6.45) is 5.82. The SMILES string of the molecule is C/C=C/C(/C=C(/C#N)N(C)c1ccccc1)C(O)CC. The van der Waals surface area contributed by atoms with Crippen LogP contribution in [0.5, 0.6) is 0 Å². The van der Waals surface area contributed by atoms with Gasteiger partial charge in [-0.2, -0.15) is 5.26 Å². The van der Waals surface area contributed by atoms with E-state index < -0.39 is 6.10 Å². The van der Waals surface area contributed by atoms with Crippen LogP contribution in [-0.2, 0) is 0 Å². The molecule has 0 bridgehead atoms. The molecule has 20 heavy (non-hydrogen) atoms. The molecule has 1 aromatic rings. The van der Waals surface area contributed by atoms with E-state index in [1.807, 2.05) is 74.4 Å². The second-order valence-electron chi connectivity index (χ2n) is 4.64. The largest absolute Gasteiger partial charge is 0.392 e. The van der Waals surface area contributed by atoms with Crippen LogP contribution in [-0.4, -0.2) is 18.3 Å². The van der Waals surface area contributed by atoms with Gasteiger partial charge in [0.25, 0.3) is 0 Å². The number of benzene rings is 1. The van der Waals surface area contributed by atoms with Crippen molar-refractivity contribution in [3.63, 3.8) is 0 Å². The molecule has 0 aliphatic heterocycles. The summed E-state index contributed by atoms with van der Waals surface area (Å²) in [6.45, 7) is 3.85. The zero-order chi connectivity index (χ0) is 15.0. The number of nitriles is 1. The number of rotatable bonds is 6. The van der Waals surface area contributed by atoms with Gasteiger partial charge >= 0.3 is 0 Å². The fourth-order valence-corrected chi connectivity index (χ4v) is 1.99. The van der Waals surface area contributed by atoms with E-state index in [4.69, 9.17) is 0 Å². The molecule has 3 heteroatoms. The van der Waals surface area contributed by atoms with E-state index in [2.05, 4.69) is 6.07 Å². The van der Waals surface area contributed by atoms with Crippen molar-refractivity contribution in [3.8, 4) is 6.07 Å². The molecule has 106 valence electrons. The van der Waals surface area contributed by atoms with Crippen molar-refractivity contribution < 1.29 is 5.11 Å². The zero-order valence-corrected chi connectivity index (χ0v) is 12.3. The van der Waals surface area contributed by atoms with Gasteiger partial charge < -0.3 is 10.0 Å². The van der Waals surface area contributed by atoms with Gasteiger partial charge in [0.1, 0.15) is 11.8 Å². The van der Waals surface area contributed by atoms with E-state index in [1.54, 1.807) is 0 Å². The molecule has 2 atom stereocenters. The maximum absolute atomic E-state index is 10.0. The summed E-state index contributed by atoms with van der Waals surface area (Å²) in [4.78, 5) is 1.83. The van der Waals surface area contributed by atoms with Crippen molar-refractivity contribution >= 4 is 5.69 Å². The Morgan fingerprint density at radius 1 is 1.40 bits per heavy atom. The van der Waals surface area contributed by atoms with Gasteiger partial charge in [-0.05, 0) is 31.6 Å². The first-order chi connectivity index (χ1) is 9.63. The maximum Gasteiger partial charge on any atom is 0.117 e. The number of aliphatic hydroxyl groups excluding tert-OH is 1. The second-order valence-corrected chi connectivity index (χ2v) is 4.64. The van der Waals surface area contributed by atoms with Crippen molar-refractivity contribution in [2.45, 2.75) is 26.4 Å². The highest BCUT2D eigenvalue weighted by Crippen LogP contribution is 2.20. The van der Waals surface area contributed by atoms with Crippen molar-refractivity contribution in [1.82, 2.24) is 0 Å². The van der Waals surface area contributed by atoms with E-state index in [-0.39, 0.29) is 5.92 Å². The standard InChI is InChI=1S/C17H22N2O/c1-4-9-14(17(20)5-2)12-16(13-18)19(3)15-10-7-6-8-11-15/h4,6-12,14,17,20H,5H2,1-3H3/b9-4+,16-12-. The van der Waals surface area contributed by atoms with Crippen LogP contribution in [0.15, 0.2) is 54.3 Å². The molecule has 0 saturated carbocycles. The number of para-hydroxylation sites is 1. The average Bonchev–Trinajstić information content (AvgIpc) is 2.50. The van der Waals surface area contributed by atoms with E-state index >= 15 is 0 Å². The molecule has 0 radical (unpaired) electrons. The number of nitrogens with zero attached hydrogens (tertiary/aromatic N) is 2. The van der Waals surface area contributed by atoms with Crippen molar-refractivity contribution in [1.29, 1.82) is 5.26 Å². The van der Waals surface area contributed by atoms with Gasteiger partial charge in [0.2, 0.25) is 0 Å². The minimum absolute atomic E-state index is 0.147. The Balaban J connectivity index is 3.04. The maximum atomic E-state index is 10.0. The lowest BCUT2D eigenvalue weighted by atomic mass is 9.98. The molecule has 0 aliphatic carbocycles. The molecule has 3 nitrogen and oxygen atoms in total. The van der Waals surface area contributed by atoms with Gasteiger partial charge in [-0.15, -0.1) is 0 Å². The lowest BCUT2D eigenvalue weighted by Gasteiger charge is -2.21. The fraction of sp³-hybridized carbons (Fsp3) is 0.353. The van der Waals surface area contributed by atoms with Gasteiger partial charge in [0.05, 0.1) is 6.10 Å². The summed E-state index contributed by atoms with van der Waals surface area (Å²) < 4.78 is 0. The van der Waals surface area contributed by atoms with Crippen molar-refractivity contribution in [3.05, 3.63) is 54.3 Å². The first-order valence-electron chi connectivity index (χ1n) is 6.85. The molecule has 1 rings (SSSR count). The van der Waals surface area contributed by atoms with Gasteiger partial charge in [-0.25, -0.2) is 0 Å². The normalized spacial score (nSPS) is 14.8. The van der Waals surface area contributed by atoms with Crippen molar-refractivity contribution in [2.75, 3.05) is 11.9 Å². The van der Waals surface area contributed by atoms with Crippen LogP contribution in [0.1, 0.15) is 20.3 Å². The van der Waals surface area contributed by atoms with Crippen LogP contribution in [0.2, 0.25) is 0 Å². The molecular weight excluding hydrogens is 248 g/mol. The van der Waals surface area contributed by atoms with Crippen LogP contribution in [0.4, 0.5) is 5.69 Å². The average molecular weight is 270 g/mol. The van der Waals surface area contributed by atoms with Gasteiger partial charge in [0, 0.05) is 18.7 Å². The predicted octanol–water partition coefficient (Wildman–Crippen LogP) is 3.49. The van der Waals surface area contributed by atoms with Crippen molar-refractivity contribution in [2.24, 2.45) is 5.92 Å². The smallest absolute Gasteiger partial charge is 0.117 e. The van der Waals surface area contributed by atoms with E-state index in [9.17, 15) is 10.4 Å². The summed E-state index contributed by atoms with van der Waals surface area (Å²) in [5.74, 6) is -0.147. The van der Waals surface area contributed by atoms with Crippen LogP contribution in [0.25, 0.3) is 0 Å². The summed E-state index contributed by atoms with van der Waals surface area (Å²) >= 11 is 0. The fourth-order valence-electron chi connectivity index (χ4n) is 1.99. The first-order valence-corrected chi connectivity index (χ1v) is 6.85. The molecular formula is C17H22N2O. The third kappa shape index (κ3) is 4.25. The molecule has 1 N–H and O–H groups in total. The lowest BCUT2D eigenvalue weighted by Crippen LogP contribution is -2.20. The zero-order valence-electron chi connectivity index (χ0n) is 12.3. The number of anilines is 1. The Hall–Kier alpha value is -2.05. The highest BCUT2D eigenvalue weighted by Gasteiger charge is 2.15. The Labute approximate surface area is 121 Å². The van der Waals surface area contributed by atoms with E-state index in [0.29, 0.717) is 12.1 Å². The molecule has 0 heterocycles. The molecule has 0 spiro atoms. The molecule has 0 aliphatic rings. The summed E-state index contributed by atoms with van der Waals surface area (Å²) in [5, 5.41) is 19.4. The minimum Gasteiger partial charge on any atom is -0.392 e. The van der Waals surface area contributed by atoms with E-state index in [0.717, 1.165) is 5.69 Å². The monoisotopic (exact) mass is 270 g/mol. The third-order valence-electron chi connectivity index (χ3n) is 3.25.